The number of hydrogen-bond donors (Lipinski definition) is 3. The Morgan fingerprint density at radius 1 is 1.19 bits per heavy atom. The molecule has 3 rings (SSSR count). The van der Waals surface area contributed by atoms with E-state index in [1.165, 1.54) is 37.9 Å². The maximum atomic E-state index is 11.3. The van der Waals surface area contributed by atoms with Crippen LogP contribution >= 0.6 is 0 Å². The van der Waals surface area contributed by atoms with Gasteiger partial charge in [0, 0.05) is 19.1 Å². The minimum Gasteiger partial charge on any atom is -0.309 e. The fourth-order valence-corrected chi connectivity index (χ4v) is 3.06. The smallest absolute Gasteiger partial charge is 0.309 e. The summed E-state index contributed by atoms with van der Waals surface area (Å²) in [6.07, 6.45) is 4.06. The van der Waals surface area contributed by atoms with E-state index in [0.29, 0.717) is 0 Å². The summed E-state index contributed by atoms with van der Waals surface area (Å²) in [4.78, 5) is 19.4. The van der Waals surface area contributed by atoms with Crippen LogP contribution in [0.1, 0.15) is 37.8 Å². The summed E-state index contributed by atoms with van der Waals surface area (Å²) < 4.78 is 0. The molecule has 0 spiro atoms. The van der Waals surface area contributed by atoms with Gasteiger partial charge in [-0.1, -0.05) is 12.5 Å². The van der Waals surface area contributed by atoms with Crippen molar-refractivity contribution in [2.45, 2.75) is 32.2 Å². The predicted molar refractivity (Wildman–Crippen MR) is 85.6 cm³/mol. The Bertz CT molecular complexity index is 639. The highest BCUT2D eigenvalue weighted by atomic mass is 16.1. The minimum absolute atomic E-state index is 0.145. The summed E-state index contributed by atoms with van der Waals surface area (Å²) in [6.45, 7) is 6.78. The lowest BCUT2D eigenvalue weighted by Gasteiger charge is -2.27. The van der Waals surface area contributed by atoms with Crippen LogP contribution < -0.4 is 11.0 Å². The van der Waals surface area contributed by atoms with E-state index in [0.717, 1.165) is 24.1 Å². The molecule has 3 N–H and O–H groups in total. The molecule has 0 amide bonds. The van der Waals surface area contributed by atoms with Crippen LogP contribution in [0.4, 0.5) is 0 Å². The standard InChI is InChI=1S/C16H24N4O/c1-12(17-7-10-20-8-3-2-4-9-20)13-5-6-14-15(11-13)19-16(21)18-14/h5-6,11-12,17H,2-4,7-10H2,1H3,(H2,18,19,21). The second-order valence-electron chi connectivity index (χ2n) is 5.96. The number of nitrogens with zero attached hydrogens (tertiary/aromatic N) is 1. The number of piperidine rings is 1. The molecule has 114 valence electrons. The molecule has 1 aliphatic rings. The molecule has 21 heavy (non-hydrogen) atoms. The molecule has 5 nitrogen and oxygen atoms in total. The lowest BCUT2D eigenvalue weighted by atomic mass is 10.1. The van der Waals surface area contributed by atoms with E-state index in [1.54, 1.807) is 0 Å². The molecule has 2 heterocycles. The zero-order valence-electron chi connectivity index (χ0n) is 12.6. The molecule has 1 atom stereocenters. The number of nitrogens with one attached hydrogen (secondary N) is 3. The summed E-state index contributed by atoms with van der Waals surface area (Å²) in [5.41, 5.74) is 2.80. The van der Waals surface area contributed by atoms with Gasteiger partial charge in [0.1, 0.15) is 0 Å². The second-order valence-corrected chi connectivity index (χ2v) is 5.96. The van der Waals surface area contributed by atoms with Crippen LogP contribution in [0.25, 0.3) is 11.0 Å². The largest absolute Gasteiger partial charge is 0.323 e. The average molecular weight is 288 g/mol. The molecule has 0 bridgehead atoms. The molecule has 0 saturated carbocycles. The highest BCUT2D eigenvalue weighted by Crippen LogP contribution is 2.17. The average Bonchev–Trinajstić information content (AvgIpc) is 2.87. The third-order valence-electron chi connectivity index (χ3n) is 4.37. The highest BCUT2D eigenvalue weighted by molar-refractivity contribution is 5.75. The number of H-pyrrole nitrogens is 2. The molecule has 2 aromatic rings. The first-order valence-corrected chi connectivity index (χ1v) is 7.90. The Hall–Kier alpha value is -1.59. The van der Waals surface area contributed by atoms with Crippen molar-refractivity contribution in [3.05, 3.63) is 34.2 Å². The van der Waals surface area contributed by atoms with E-state index >= 15 is 0 Å². The maximum absolute atomic E-state index is 11.3. The van der Waals surface area contributed by atoms with Crippen molar-refractivity contribution in [2.75, 3.05) is 26.2 Å². The van der Waals surface area contributed by atoms with Crippen molar-refractivity contribution in [3.8, 4) is 0 Å². The van der Waals surface area contributed by atoms with Gasteiger partial charge in [0.05, 0.1) is 11.0 Å². The van der Waals surface area contributed by atoms with Gasteiger partial charge in [0.15, 0.2) is 0 Å². The van der Waals surface area contributed by atoms with Crippen LogP contribution in [0, 0.1) is 0 Å². The Balaban J connectivity index is 1.55. The highest BCUT2D eigenvalue weighted by Gasteiger charge is 2.11. The summed E-state index contributed by atoms with van der Waals surface area (Å²) in [5, 5.41) is 3.57. The predicted octanol–water partition coefficient (Wildman–Crippen LogP) is 1.99. The molecule has 1 unspecified atom stereocenters. The van der Waals surface area contributed by atoms with E-state index in [1.807, 2.05) is 12.1 Å². The van der Waals surface area contributed by atoms with Crippen LogP contribution in [-0.2, 0) is 0 Å². The maximum Gasteiger partial charge on any atom is 0.323 e. The van der Waals surface area contributed by atoms with Gasteiger partial charge in [-0.05, 0) is 50.6 Å². The molecule has 1 aliphatic heterocycles. The third kappa shape index (κ3) is 3.54. The number of fused-ring (bicyclic) bond motifs is 1. The quantitative estimate of drug-likeness (QED) is 0.788. The van der Waals surface area contributed by atoms with Crippen LogP contribution in [-0.4, -0.2) is 41.0 Å². The molecule has 1 saturated heterocycles. The summed E-state index contributed by atoms with van der Waals surface area (Å²) in [7, 11) is 0. The number of benzene rings is 1. The van der Waals surface area contributed by atoms with Crippen molar-refractivity contribution in [3.63, 3.8) is 0 Å². The normalized spacial score (nSPS) is 18.1. The first-order chi connectivity index (χ1) is 10.2. The fraction of sp³-hybridized carbons (Fsp3) is 0.562. The molecular weight excluding hydrogens is 264 g/mol. The molecule has 1 aromatic carbocycles. The van der Waals surface area contributed by atoms with Gasteiger partial charge >= 0.3 is 5.69 Å². The number of aromatic nitrogens is 2. The zero-order valence-corrected chi connectivity index (χ0v) is 12.6. The first kappa shape index (κ1) is 14.4. The van der Waals surface area contributed by atoms with Crippen molar-refractivity contribution >= 4 is 11.0 Å². The van der Waals surface area contributed by atoms with E-state index in [-0.39, 0.29) is 11.7 Å². The van der Waals surface area contributed by atoms with E-state index in [2.05, 4.69) is 33.2 Å². The van der Waals surface area contributed by atoms with Gasteiger partial charge in [-0.3, -0.25) is 0 Å². The van der Waals surface area contributed by atoms with Crippen molar-refractivity contribution in [2.24, 2.45) is 0 Å². The number of likely N-dealkylation sites (tertiary alicyclic amines) is 1. The third-order valence-corrected chi connectivity index (χ3v) is 4.37. The Morgan fingerprint density at radius 3 is 2.76 bits per heavy atom. The van der Waals surface area contributed by atoms with Gasteiger partial charge in [-0.2, -0.15) is 0 Å². The van der Waals surface area contributed by atoms with Crippen LogP contribution in [0.3, 0.4) is 0 Å². The molecule has 1 fully saturated rings. The number of rotatable bonds is 5. The Kier molecular flexibility index (Phi) is 4.41. The molecular formula is C16H24N4O. The molecule has 0 aliphatic carbocycles. The topological polar surface area (TPSA) is 63.9 Å². The van der Waals surface area contributed by atoms with E-state index < -0.39 is 0 Å². The number of hydrogen-bond acceptors (Lipinski definition) is 3. The monoisotopic (exact) mass is 288 g/mol. The molecule has 0 radical (unpaired) electrons. The van der Waals surface area contributed by atoms with Gasteiger partial charge in [-0.25, -0.2) is 4.79 Å². The summed E-state index contributed by atoms with van der Waals surface area (Å²) >= 11 is 0. The van der Waals surface area contributed by atoms with Gasteiger partial charge < -0.3 is 20.2 Å². The Labute approximate surface area is 124 Å². The first-order valence-electron chi connectivity index (χ1n) is 7.90. The summed E-state index contributed by atoms with van der Waals surface area (Å²) in [6, 6.07) is 6.37. The lowest BCUT2D eigenvalue weighted by molar-refractivity contribution is 0.227. The Morgan fingerprint density at radius 2 is 1.95 bits per heavy atom. The van der Waals surface area contributed by atoms with Gasteiger partial charge in [-0.15, -0.1) is 0 Å². The SMILES string of the molecule is CC(NCCN1CCCCC1)c1ccc2[nH]c(=O)[nH]c2c1. The van der Waals surface area contributed by atoms with Crippen molar-refractivity contribution < 1.29 is 0 Å². The van der Waals surface area contributed by atoms with E-state index in [9.17, 15) is 4.79 Å². The minimum atomic E-state index is -0.145. The van der Waals surface area contributed by atoms with E-state index in [4.69, 9.17) is 0 Å². The number of aromatic amines is 2. The number of imidazole rings is 1. The zero-order chi connectivity index (χ0) is 14.7. The second kappa shape index (κ2) is 6.45. The van der Waals surface area contributed by atoms with Crippen LogP contribution in [0.15, 0.2) is 23.0 Å². The van der Waals surface area contributed by atoms with Crippen molar-refractivity contribution in [1.82, 2.24) is 20.2 Å². The van der Waals surface area contributed by atoms with Crippen molar-refractivity contribution in [1.29, 1.82) is 0 Å². The van der Waals surface area contributed by atoms with Gasteiger partial charge in [0.2, 0.25) is 0 Å². The lowest BCUT2D eigenvalue weighted by Crippen LogP contribution is -2.36. The fourth-order valence-electron chi connectivity index (χ4n) is 3.06. The molecule has 5 heteroatoms. The molecule has 1 aromatic heterocycles. The van der Waals surface area contributed by atoms with Gasteiger partial charge in [0.25, 0.3) is 0 Å². The van der Waals surface area contributed by atoms with Crippen LogP contribution in [0.5, 0.6) is 0 Å². The summed E-state index contributed by atoms with van der Waals surface area (Å²) in [5.74, 6) is 0. The van der Waals surface area contributed by atoms with Crippen LogP contribution in [0.2, 0.25) is 0 Å².